The molecule has 0 bridgehead atoms. The molecule has 0 aliphatic rings. The van der Waals surface area contributed by atoms with Gasteiger partial charge in [0.15, 0.2) is 5.13 Å². The molecule has 10 nitrogen and oxygen atoms in total. The van der Waals surface area contributed by atoms with E-state index in [1.54, 1.807) is 18.2 Å². The number of benzene rings is 2. The Morgan fingerprint density at radius 2 is 1.82 bits per heavy atom. The minimum atomic E-state index is -0.540. The van der Waals surface area contributed by atoms with Crippen LogP contribution in [0.25, 0.3) is 27.1 Å². The van der Waals surface area contributed by atoms with Gasteiger partial charge in [-0.25, -0.2) is 15.0 Å². The van der Waals surface area contributed by atoms with Gasteiger partial charge in [-0.1, -0.05) is 40.8 Å². The van der Waals surface area contributed by atoms with E-state index in [9.17, 15) is 10.1 Å². The maximum atomic E-state index is 11.8. The van der Waals surface area contributed by atoms with E-state index in [2.05, 4.69) is 30.6 Å². The zero-order valence-corrected chi connectivity index (χ0v) is 14.9. The standard InChI is InChI=1S/C17H10N8O2S/c26-25(27)14-15(21-17-20-11-6-2-4-8-13(11)28-17)18-9-19-16(14)24-12-7-3-1-5-10(12)22-23-24/h1-9H,(H,18,19,20,21). The molecule has 0 radical (unpaired) electrons. The molecule has 1 N–H and O–H groups in total. The van der Waals surface area contributed by atoms with Crippen molar-refractivity contribution < 1.29 is 4.92 Å². The lowest BCUT2D eigenvalue weighted by molar-refractivity contribution is -0.384. The number of aromatic nitrogens is 6. The van der Waals surface area contributed by atoms with E-state index in [0.29, 0.717) is 16.2 Å². The molecule has 136 valence electrons. The van der Waals surface area contributed by atoms with E-state index in [4.69, 9.17) is 0 Å². The smallest absolute Gasteiger partial charge is 0.310 e. The van der Waals surface area contributed by atoms with Crippen molar-refractivity contribution in [3.8, 4) is 5.82 Å². The normalized spacial score (nSPS) is 11.1. The van der Waals surface area contributed by atoms with Gasteiger partial charge in [-0.15, -0.1) is 5.10 Å². The van der Waals surface area contributed by atoms with Gasteiger partial charge in [-0.2, -0.15) is 4.68 Å². The number of fused-ring (bicyclic) bond motifs is 2. The summed E-state index contributed by atoms with van der Waals surface area (Å²) in [6.07, 6.45) is 1.24. The van der Waals surface area contributed by atoms with Crippen molar-refractivity contribution in [3.63, 3.8) is 0 Å². The zero-order chi connectivity index (χ0) is 19.1. The summed E-state index contributed by atoms with van der Waals surface area (Å²) in [5.41, 5.74) is 1.71. The molecule has 0 saturated carbocycles. The molecule has 5 rings (SSSR count). The first-order chi connectivity index (χ1) is 13.7. The van der Waals surface area contributed by atoms with E-state index < -0.39 is 4.92 Å². The average molecular weight is 390 g/mol. The number of nitrogens with one attached hydrogen (secondary N) is 1. The van der Waals surface area contributed by atoms with E-state index in [1.807, 2.05) is 30.3 Å². The third kappa shape index (κ3) is 2.61. The van der Waals surface area contributed by atoms with Crippen molar-refractivity contribution in [2.24, 2.45) is 0 Å². The first-order valence-electron chi connectivity index (χ1n) is 8.13. The van der Waals surface area contributed by atoms with Crippen molar-refractivity contribution in [1.29, 1.82) is 0 Å². The first kappa shape index (κ1) is 16.2. The molecule has 5 aromatic rings. The molecule has 2 aromatic carbocycles. The van der Waals surface area contributed by atoms with Crippen LogP contribution >= 0.6 is 11.3 Å². The molecule has 11 heteroatoms. The molecular weight excluding hydrogens is 380 g/mol. The third-order valence-electron chi connectivity index (χ3n) is 4.06. The molecule has 0 aliphatic carbocycles. The molecule has 0 fully saturated rings. The van der Waals surface area contributed by atoms with Crippen LogP contribution in [-0.4, -0.2) is 34.9 Å². The van der Waals surface area contributed by atoms with E-state index in [0.717, 1.165) is 10.2 Å². The number of anilines is 2. The molecule has 0 atom stereocenters. The third-order valence-corrected chi connectivity index (χ3v) is 5.01. The number of thiazole rings is 1. The summed E-state index contributed by atoms with van der Waals surface area (Å²) in [7, 11) is 0. The highest BCUT2D eigenvalue weighted by atomic mass is 32.1. The number of para-hydroxylation sites is 2. The maximum absolute atomic E-state index is 11.8. The molecular formula is C17H10N8O2S. The molecule has 3 heterocycles. The summed E-state index contributed by atoms with van der Waals surface area (Å²) >= 11 is 1.38. The zero-order valence-electron chi connectivity index (χ0n) is 14.1. The lowest BCUT2D eigenvalue weighted by Gasteiger charge is -2.06. The molecule has 0 saturated heterocycles. The van der Waals surface area contributed by atoms with Gasteiger partial charge in [0.2, 0.25) is 11.6 Å². The van der Waals surface area contributed by atoms with Gasteiger partial charge in [0.05, 0.1) is 20.7 Å². The summed E-state index contributed by atoms with van der Waals surface area (Å²) in [6, 6.07) is 14.7. The number of hydrogen-bond acceptors (Lipinski definition) is 9. The predicted octanol–water partition coefficient (Wildman–Crippen LogP) is 3.47. The van der Waals surface area contributed by atoms with Gasteiger partial charge >= 0.3 is 5.69 Å². The topological polar surface area (TPSA) is 125 Å². The molecule has 0 amide bonds. The Hall–Kier alpha value is -3.99. The minimum absolute atomic E-state index is 0.0253. The van der Waals surface area contributed by atoms with Crippen molar-refractivity contribution in [2.75, 3.05) is 5.32 Å². The van der Waals surface area contributed by atoms with Crippen LogP contribution in [0.4, 0.5) is 16.6 Å². The van der Waals surface area contributed by atoms with Crippen LogP contribution in [0.2, 0.25) is 0 Å². The lowest BCUT2D eigenvalue weighted by Crippen LogP contribution is -2.08. The Kier molecular flexibility index (Phi) is 3.66. The quantitative estimate of drug-likeness (QED) is 0.365. The fraction of sp³-hybridized carbons (Fsp3) is 0. The van der Waals surface area contributed by atoms with Gasteiger partial charge < -0.3 is 5.32 Å². The summed E-state index contributed by atoms with van der Waals surface area (Å²) in [5.74, 6) is 0.0611. The largest absolute Gasteiger partial charge is 0.356 e. The fourth-order valence-electron chi connectivity index (χ4n) is 2.84. The second-order valence-electron chi connectivity index (χ2n) is 5.75. The molecule has 28 heavy (non-hydrogen) atoms. The fourth-order valence-corrected chi connectivity index (χ4v) is 3.70. The van der Waals surface area contributed by atoms with E-state index >= 15 is 0 Å². The maximum Gasteiger partial charge on any atom is 0.356 e. The Bertz CT molecular complexity index is 1310. The molecule has 3 aromatic heterocycles. The Balaban J connectivity index is 1.65. The van der Waals surface area contributed by atoms with Gasteiger partial charge in [0, 0.05) is 0 Å². The van der Waals surface area contributed by atoms with Crippen LogP contribution in [0, 0.1) is 10.1 Å². The van der Waals surface area contributed by atoms with Crippen LogP contribution in [0.5, 0.6) is 0 Å². The Labute approximate surface area is 160 Å². The first-order valence-corrected chi connectivity index (χ1v) is 8.95. The number of nitro groups is 1. The van der Waals surface area contributed by atoms with Gasteiger partial charge in [0.1, 0.15) is 11.8 Å². The number of rotatable bonds is 4. The molecule has 0 aliphatic heterocycles. The van der Waals surface area contributed by atoms with Crippen LogP contribution in [0.3, 0.4) is 0 Å². The monoisotopic (exact) mass is 390 g/mol. The number of hydrogen-bond donors (Lipinski definition) is 1. The van der Waals surface area contributed by atoms with Crippen molar-refractivity contribution in [3.05, 3.63) is 65.0 Å². The lowest BCUT2D eigenvalue weighted by atomic mass is 10.3. The highest BCUT2D eigenvalue weighted by Crippen LogP contribution is 2.33. The average Bonchev–Trinajstić information content (AvgIpc) is 3.31. The van der Waals surface area contributed by atoms with Crippen LogP contribution in [0.1, 0.15) is 0 Å². The van der Waals surface area contributed by atoms with Crippen LogP contribution < -0.4 is 5.32 Å². The second kappa shape index (κ2) is 6.32. The van der Waals surface area contributed by atoms with E-state index in [1.165, 1.54) is 22.3 Å². The highest BCUT2D eigenvalue weighted by molar-refractivity contribution is 7.22. The number of nitrogens with zero attached hydrogens (tertiary/aromatic N) is 7. The van der Waals surface area contributed by atoms with Gasteiger partial charge in [0.25, 0.3) is 0 Å². The minimum Gasteiger partial charge on any atom is -0.310 e. The van der Waals surface area contributed by atoms with E-state index in [-0.39, 0.29) is 17.3 Å². The van der Waals surface area contributed by atoms with Crippen molar-refractivity contribution >= 4 is 49.2 Å². The van der Waals surface area contributed by atoms with Crippen LogP contribution in [-0.2, 0) is 0 Å². The second-order valence-corrected chi connectivity index (χ2v) is 6.78. The highest BCUT2D eigenvalue weighted by Gasteiger charge is 2.27. The molecule has 0 spiro atoms. The SMILES string of the molecule is O=[N+]([O-])c1c(Nc2nc3ccccc3s2)ncnc1-n1nnc2ccccc21. The summed E-state index contributed by atoms with van der Waals surface area (Å²) < 4.78 is 2.29. The Morgan fingerprint density at radius 1 is 1.04 bits per heavy atom. The summed E-state index contributed by atoms with van der Waals surface area (Å²) in [6.45, 7) is 0. The van der Waals surface area contributed by atoms with Gasteiger partial charge in [-0.05, 0) is 24.3 Å². The molecule has 0 unspecified atom stereocenters. The van der Waals surface area contributed by atoms with Crippen molar-refractivity contribution in [2.45, 2.75) is 0 Å². The summed E-state index contributed by atoms with van der Waals surface area (Å²) in [4.78, 5) is 23.9. The Morgan fingerprint density at radius 3 is 2.64 bits per heavy atom. The van der Waals surface area contributed by atoms with Gasteiger partial charge in [-0.3, -0.25) is 10.1 Å². The summed E-state index contributed by atoms with van der Waals surface area (Å²) in [5, 5.41) is 23.3. The van der Waals surface area contributed by atoms with Crippen molar-refractivity contribution in [1.82, 2.24) is 29.9 Å². The predicted molar refractivity (Wildman–Crippen MR) is 104 cm³/mol. The van der Waals surface area contributed by atoms with Crippen LogP contribution in [0.15, 0.2) is 54.9 Å².